The number of nitrogens with one attached hydrogen (secondary N) is 1. The van der Waals surface area contributed by atoms with Crippen LogP contribution in [0.5, 0.6) is 5.75 Å². The number of amidine groups is 1. The van der Waals surface area contributed by atoms with Gasteiger partial charge in [0.15, 0.2) is 0 Å². The number of halogens is 4. The zero-order valence-corrected chi connectivity index (χ0v) is 9.51. The van der Waals surface area contributed by atoms with Gasteiger partial charge in [-0.05, 0) is 30.7 Å². The van der Waals surface area contributed by atoms with Crippen LogP contribution in [0.15, 0.2) is 18.2 Å². The Bertz CT molecular complexity index is 445. The molecular formula is C11H12F4N2O. The van der Waals surface area contributed by atoms with Crippen molar-refractivity contribution in [3.8, 4) is 5.75 Å². The van der Waals surface area contributed by atoms with E-state index in [1.54, 1.807) is 0 Å². The lowest BCUT2D eigenvalue weighted by atomic mass is 10.1. The average Bonchev–Trinajstić information content (AvgIpc) is 2.18. The molecule has 0 aromatic heterocycles. The van der Waals surface area contributed by atoms with Crippen molar-refractivity contribution in [1.82, 2.24) is 0 Å². The highest BCUT2D eigenvalue weighted by Gasteiger charge is 2.42. The quantitative estimate of drug-likeness (QED) is 0.499. The number of nitrogens with two attached hydrogens (primary N) is 1. The molecule has 7 heteroatoms. The van der Waals surface area contributed by atoms with Crippen LogP contribution in [0.25, 0.3) is 0 Å². The van der Waals surface area contributed by atoms with Gasteiger partial charge >= 0.3 is 6.18 Å². The van der Waals surface area contributed by atoms with Crippen LogP contribution in [0, 0.1) is 24.1 Å². The van der Waals surface area contributed by atoms with E-state index < -0.39 is 30.4 Å². The first kappa shape index (κ1) is 14.3. The molecule has 1 rings (SSSR count). The van der Waals surface area contributed by atoms with Crippen molar-refractivity contribution in [3.63, 3.8) is 0 Å². The van der Waals surface area contributed by atoms with E-state index in [9.17, 15) is 17.6 Å². The Morgan fingerprint density at radius 2 is 2.06 bits per heavy atom. The van der Waals surface area contributed by atoms with Crippen molar-refractivity contribution in [3.05, 3.63) is 29.6 Å². The number of hydrogen-bond donors (Lipinski definition) is 2. The van der Waals surface area contributed by atoms with Crippen molar-refractivity contribution < 1.29 is 22.3 Å². The topological polar surface area (TPSA) is 59.1 Å². The summed E-state index contributed by atoms with van der Waals surface area (Å²) in [5.74, 6) is -3.55. The maximum atomic E-state index is 12.8. The molecule has 100 valence electrons. The minimum Gasteiger partial charge on any atom is -0.492 e. The van der Waals surface area contributed by atoms with Crippen LogP contribution in [-0.2, 0) is 0 Å². The zero-order chi connectivity index (χ0) is 13.9. The van der Waals surface area contributed by atoms with E-state index in [4.69, 9.17) is 15.9 Å². The number of benzene rings is 1. The molecule has 1 atom stereocenters. The fourth-order valence-corrected chi connectivity index (χ4v) is 1.31. The SMILES string of the molecule is Cc1cc(F)ccc1OCC(C(=N)N)C(F)(F)F. The lowest BCUT2D eigenvalue weighted by Crippen LogP contribution is -2.39. The van der Waals surface area contributed by atoms with E-state index in [0.717, 1.165) is 12.1 Å². The maximum absolute atomic E-state index is 12.8. The van der Waals surface area contributed by atoms with E-state index in [2.05, 4.69) is 0 Å². The average molecular weight is 264 g/mol. The van der Waals surface area contributed by atoms with Crippen LogP contribution in [-0.4, -0.2) is 18.6 Å². The first-order valence-corrected chi connectivity index (χ1v) is 5.01. The van der Waals surface area contributed by atoms with E-state index >= 15 is 0 Å². The number of ether oxygens (including phenoxy) is 1. The second kappa shape index (κ2) is 5.24. The van der Waals surface area contributed by atoms with E-state index in [-0.39, 0.29) is 5.75 Å². The molecule has 18 heavy (non-hydrogen) atoms. The van der Waals surface area contributed by atoms with E-state index in [1.807, 2.05) is 0 Å². The molecule has 0 spiro atoms. The predicted octanol–water partition coefficient (Wildman–Crippen LogP) is 2.63. The molecule has 0 aliphatic carbocycles. The Balaban J connectivity index is 2.77. The van der Waals surface area contributed by atoms with Gasteiger partial charge in [-0.1, -0.05) is 0 Å². The summed E-state index contributed by atoms with van der Waals surface area (Å²) in [5, 5.41) is 6.88. The Morgan fingerprint density at radius 3 is 2.50 bits per heavy atom. The summed E-state index contributed by atoms with van der Waals surface area (Å²) in [6.45, 7) is 0.708. The number of aryl methyl sites for hydroxylation is 1. The molecular weight excluding hydrogens is 252 g/mol. The fourth-order valence-electron chi connectivity index (χ4n) is 1.31. The highest BCUT2D eigenvalue weighted by Crippen LogP contribution is 2.27. The monoisotopic (exact) mass is 264 g/mol. The third-order valence-electron chi connectivity index (χ3n) is 2.31. The molecule has 0 fully saturated rings. The van der Waals surface area contributed by atoms with Crippen LogP contribution in [0.3, 0.4) is 0 Å². The minimum absolute atomic E-state index is 0.131. The van der Waals surface area contributed by atoms with Crippen LogP contribution in [0.4, 0.5) is 17.6 Å². The lowest BCUT2D eigenvalue weighted by Gasteiger charge is -2.19. The van der Waals surface area contributed by atoms with Crippen molar-refractivity contribution in [2.24, 2.45) is 11.7 Å². The summed E-state index contributed by atoms with van der Waals surface area (Å²) in [5.41, 5.74) is 5.25. The molecule has 1 aromatic rings. The van der Waals surface area contributed by atoms with Crippen LogP contribution < -0.4 is 10.5 Å². The molecule has 0 radical (unpaired) electrons. The summed E-state index contributed by atoms with van der Waals surface area (Å²) in [6, 6.07) is 3.46. The van der Waals surface area contributed by atoms with Crippen molar-refractivity contribution in [2.45, 2.75) is 13.1 Å². The summed E-state index contributed by atoms with van der Waals surface area (Å²) >= 11 is 0. The molecule has 0 heterocycles. The summed E-state index contributed by atoms with van der Waals surface area (Å²) in [7, 11) is 0. The van der Waals surface area contributed by atoms with Gasteiger partial charge in [0.2, 0.25) is 0 Å². The summed E-state index contributed by atoms with van der Waals surface area (Å²) < 4.78 is 55.1. The van der Waals surface area contributed by atoms with Gasteiger partial charge in [-0.2, -0.15) is 13.2 Å². The summed E-state index contributed by atoms with van der Waals surface area (Å²) in [4.78, 5) is 0. The molecule has 0 bridgehead atoms. The molecule has 1 unspecified atom stereocenters. The number of rotatable bonds is 4. The van der Waals surface area contributed by atoms with Crippen LogP contribution in [0.2, 0.25) is 0 Å². The van der Waals surface area contributed by atoms with Gasteiger partial charge in [-0.25, -0.2) is 4.39 Å². The Morgan fingerprint density at radius 1 is 1.44 bits per heavy atom. The highest BCUT2D eigenvalue weighted by molar-refractivity contribution is 5.80. The van der Waals surface area contributed by atoms with Crippen molar-refractivity contribution >= 4 is 5.84 Å². The lowest BCUT2D eigenvalue weighted by molar-refractivity contribution is -0.162. The molecule has 3 N–H and O–H groups in total. The largest absolute Gasteiger partial charge is 0.492 e. The first-order valence-electron chi connectivity index (χ1n) is 5.01. The summed E-state index contributed by atoms with van der Waals surface area (Å²) in [6.07, 6.45) is -4.64. The third kappa shape index (κ3) is 3.61. The van der Waals surface area contributed by atoms with Gasteiger partial charge in [0, 0.05) is 0 Å². The fraction of sp³-hybridized carbons (Fsp3) is 0.364. The van der Waals surface area contributed by atoms with Gasteiger partial charge in [0.05, 0.1) is 0 Å². The molecule has 3 nitrogen and oxygen atoms in total. The zero-order valence-electron chi connectivity index (χ0n) is 9.51. The highest BCUT2D eigenvalue weighted by atomic mass is 19.4. The smallest absolute Gasteiger partial charge is 0.401 e. The Labute approximate surface area is 101 Å². The Hall–Kier alpha value is -1.79. The first-order chi connectivity index (χ1) is 8.21. The van der Waals surface area contributed by atoms with Gasteiger partial charge in [-0.3, -0.25) is 5.41 Å². The molecule has 0 saturated carbocycles. The van der Waals surface area contributed by atoms with Crippen molar-refractivity contribution in [1.29, 1.82) is 5.41 Å². The molecule has 0 aliphatic heterocycles. The van der Waals surface area contributed by atoms with E-state index in [1.165, 1.54) is 13.0 Å². The predicted molar refractivity (Wildman–Crippen MR) is 58.1 cm³/mol. The van der Waals surface area contributed by atoms with Gasteiger partial charge in [-0.15, -0.1) is 0 Å². The van der Waals surface area contributed by atoms with Gasteiger partial charge in [0.1, 0.15) is 29.9 Å². The minimum atomic E-state index is -4.64. The maximum Gasteiger partial charge on any atom is 0.401 e. The number of hydrogen-bond acceptors (Lipinski definition) is 2. The second-order valence-electron chi connectivity index (χ2n) is 3.77. The molecule has 0 saturated heterocycles. The molecule has 1 aromatic carbocycles. The standard InChI is InChI=1S/C11H12F4N2O/c1-6-4-7(12)2-3-9(6)18-5-8(10(16)17)11(13,14)15/h2-4,8H,5H2,1H3,(H3,16,17). The van der Waals surface area contributed by atoms with Gasteiger partial charge < -0.3 is 10.5 Å². The second-order valence-corrected chi connectivity index (χ2v) is 3.77. The van der Waals surface area contributed by atoms with E-state index in [0.29, 0.717) is 5.56 Å². The third-order valence-corrected chi connectivity index (χ3v) is 2.31. The normalized spacial score (nSPS) is 13.2. The van der Waals surface area contributed by atoms with Gasteiger partial charge in [0.25, 0.3) is 0 Å². The van der Waals surface area contributed by atoms with Crippen LogP contribution in [0.1, 0.15) is 5.56 Å². The number of alkyl halides is 3. The molecule has 0 amide bonds. The van der Waals surface area contributed by atoms with Crippen molar-refractivity contribution in [2.75, 3.05) is 6.61 Å². The molecule has 0 aliphatic rings. The van der Waals surface area contributed by atoms with Crippen LogP contribution >= 0.6 is 0 Å². The Kier molecular flexibility index (Phi) is 4.15.